The number of hydrogen-bond acceptors (Lipinski definition) is 7. The van der Waals surface area contributed by atoms with E-state index in [0.29, 0.717) is 5.69 Å². The largest absolute Gasteiger partial charge is 0.394 e. The van der Waals surface area contributed by atoms with Crippen molar-refractivity contribution in [2.24, 2.45) is 0 Å². The second-order valence-corrected chi connectivity index (χ2v) is 7.42. The Morgan fingerprint density at radius 3 is 2.43 bits per heavy atom. The molecule has 0 radical (unpaired) electrons. The summed E-state index contributed by atoms with van der Waals surface area (Å²) >= 11 is 0. The summed E-state index contributed by atoms with van der Waals surface area (Å²) in [5.74, 6) is 0. The smallest absolute Gasteiger partial charge is 0.323 e. The van der Waals surface area contributed by atoms with Crippen LogP contribution in [0.1, 0.15) is 18.4 Å². The molecule has 1 aliphatic rings. The van der Waals surface area contributed by atoms with Crippen molar-refractivity contribution >= 4 is 17.4 Å². The molecule has 2 amide bonds. The molecule has 7 N–H and O–H groups in total. The van der Waals surface area contributed by atoms with E-state index in [1.807, 2.05) is 31.2 Å². The second-order valence-electron chi connectivity index (χ2n) is 7.42. The predicted molar refractivity (Wildman–Crippen MR) is 114 cm³/mol. The second kappa shape index (κ2) is 11.1. The SMILES string of the molecule is Cc1cc(N(C)CC(O)C(O)C(O)C(O)CO)ccc1NC(=O)NC1=CC=CCC1. The summed E-state index contributed by atoms with van der Waals surface area (Å²) in [7, 11) is 1.70. The summed E-state index contributed by atoms with van der Waals surface area (Å²) in [6.45, 7) is 1.09. The molecule has 0 aliphatic heterocycles. The highest BCUT2D eigenvalue weighted by Gasteiger charge is 2.30. The molecular formula is C21H31N3O6. The number of carbonyl (C=O) groups excluding carboxylic acids is 1. The number of carbonyl (C=O) groups is 1. The molecule has 1 aliphatic carbocycles. The number of urea groups is 1. The molecule has 0 bridgehead atoms. The van der Waals surface area contributed by atoms with Gasteiger partial charge in [-0.25, -0.2) is 4.79 Å². The van der Waals surface area contributed by atoms with Gasteiger partial charge in [0.15, 0.2) is 0 Å². The van der Waals surface area contributed by atoms with Gasteiger partial charge in [-0.2, -0.15) is 0 Å². The van der Waals surface area contributed by atoms with Gasteiger partial charge in [0, 0.05) is 30.7 Å². The molecule has 166 valence electrons. The molecule has 0 fully saturated rings. The van der Waals surface area contributed by atoms with Gasteiger partial charge in [-0.1, -0.05) is 12.2 Å². The van der Waals surface area contributed by atoms with E-state index in [1.54, 1.807) is 24.1 Å². The number of hydrogen-bond donors (Lipinski definition) is 7. The van der Waals surface area contributed by atoms with E-state index in [0.717, 1.165) is 29.8 Å². The maximum Gasteiger partial charge on any atom is 0.323 e. The average Bonchev–Trinajstić information content (AvgIpc) is 2.73. The lowest BCUT2D eigenvalue weighted by molar-refractivity contribution is -0.112. The van der Waals surface area contributed by atoms with Crippen molar-refractivity contribution in [3.8, 4) is 0 Å². The number of likely N-dealkylation sites (N-methyl/N-ethyl adjacent to an activating group) is 1. The average molecular weight is 421 g/mol. The first-order chi connectivity index (χ1) is 14.2. The van der Waals surface area contributed by atoms with Crippen LogP contribution in [0.4, 0.5) is 16.2 Å². The molecule has 1 aromatic carbocycles. The van der Waals surface area contributed by atoms with Crippen molar-refractivity contribution < 1.29 is 30.3 Å². The Morgan fingerprint density at radius 1 is 1.13 bits per heavy atom. The molecule has 9 heteroatoms. The van der Waals surface area contributed by atoms with Crippen LogP contribution >= 0.6 is 0 Å². The van der Waals surface area contributed by atoms with Crippen LogP contribution in [0.5, 0.6) is 0 Å². The van der Waals surface area contributed by atoms with Crippen LogP contribution in [-0.2, 0) is 0 Å². The van der Waals surface area contributed by atoms with E-state index in [9.17, 15) is 25.2 Å². The molecule has 1 aromatic rings. The molecule has 0 spiro atoms. The Hall–Kier alpha value is -2.43. The number of nitrogens with one attached hydrogen (secondary N) is 2. The van der Waals surface area contributed by atoms with Gasteiger partial charge in [0.2, 0.25) is 0 Å². The number of aliphatic hydroxyl groups excluding tert-OH is 5. The van der Waals surface area contributed by atoms with Crippen molar-refractivity contribution in [3.05, 3.63) is 47.7 Å². The molecule has 0 saturated carbocycles. The van der Waals surface area contributed by atoms with Crippen LogP contribution in [0, 0.1) is 6.92 Å². The highest BCUT2D eigenvalue weighted by Crippen LogP contribution is 2.23. The monoisotopic (exact) mass is 421 g/mol. The zero-order chi connectivity index (χ0) is 22.3. The molecule has 2 rings (SSSR count). The normalized spacial score (nSPS) is 17.5. The van der Waals surface area contributed by atoms with Gasteiger partial charge < -0.3 is 41.1 Å². The van der Waals surface area contributed by atoms with Crippen LogP contribution in [0.3, 0.4) is 0 Å². The van der Waals surface area contributed by atoms with Crippen LogP contribution in [0.15, 0.2) is 42.1 Å². The standard InChI is InChI=1S/C21H31N3O6/c1-13-10-15(24(2)11-17(26)19(28)20(29)18(27)12-25)8-9-16(13)23-21(30)22-14-6-4-3-5-7-14/h3-4,6,8-10,17-20,25-29H,5,7,11-12H2,1-2H3,(H2,22,23,30). The minimum absolute atomic E-state index is 0.0231. The fourth-order valence-electron chi connectivity index (χ4n) is 3.09. The quantitative estimate of drug-likeness (QED) is 0.302. The number of amides is 2. The summed E-state index contributed by atoms with van der Waals surface area (Å²) < 4.78 is 0. The molecule has 9 nitrogen and oxygen atoms in total. The number of nitrogens with zero attached hydrogens (tertiary/aromatic N) is 1. The third kappa shape index (κ3) is 6.54. The maximum atomic E-state index is 12.2. The zero-order valence-corrected chi connectivity index (χ0v) is 17.2. The molecule has 4 unspecified atom stereocenters. The lowest BCUT2D eigenvalue weighted by Gasteiger charge is -2.29. The van der Waals surface area contributed by atoms with Gasteiger partial charge in [0.05, 0.1) is 12.7 Å². The Morgan fingerprint density at radius 2 is 1.83 bits per heavy atom. The third-order valence-corrected chi connectivity index (χ3v) is 4.97. The summed E-state index contributed by atoms with van der Waals surface area (Å²) in [6.07, 6.45) is 1.30. The first-order valence-electron chi connectivity index (χ1n) is 9.81. The molecule has 0 heterocycles. The molecule has 0 aromatic heterocycles. The first-order valence-corrected chi connectivity index (χ1v) is 9.81. The highest BCUT2D eigenvalue weighted by atomic mass is 16.4. The summed E-state index contributed by atoms with van der Waals surface area (Å²) in [5.41, 5.74) is 3.02. The zero-order valence-electron chi connectivity index (χ0n) is 17.2. The van der Waals surface area contributed by atoms with Crippen molar-refractivity contribution in [3.63, 3.8) is 0 Å². The van der Waals surface area contributed by atoms with Gasteiger partial charge >= 0.3 is 6.03 Å². The fourth-order valence-corrected chi connectivity index (χ4v) is 3.09. The highest BCUT2D eigenvalue weighted by molar-refractivity contribution is 5.91. The van der Waals surface area contributed by atoms with E-state index in [2.05, 4.69) is 10.6 Å². The van der Waals surface area contributed by atoms with Crippen LogP contribution in [0.2, 0.25) is 0 Å². The van der Waals surface area contributed by atoms with Gasteiger partial charge in [-0.15, -0.1) is 0 Å². The Labute approximate surface area is 176 Å². The number of anilines is 2. The third-order valence-electron chi connectivity index (χ3n) is 4.97. The lowest BCUT2D eigenvalue weighted by Crippen LogP contribution is -2.49. The minimum atomic E-state index is -1.67. The van der Waals surface area contributed by atoms with Gasteiger partial charge in [0.25, 0.3) is 0 Å². The Bertz CT molecular complexity index is 782. The fraction of sp³-hybridized carbons (Fsp3) is 0.476. The Balaban J connectivity index is 1.95. The van der Waals surface area contributed by atoms with Crippen molar-refractivity contribution in [1.82, 2.24) is 5.32 Å². The number of rotatable bonds is 9. The van der Waals surface area contributed by atoms with Crippen LogP contribution in [-0.4, -0.2) is 76.2 Å². The van der Waals surface area contributed by atoms with Gasteiger partial charge in [-0.05, 0) is 49.6 Å². The number of allylic oxidation sites excluding steroid dienone is 4. The Kier molecular flexibility index (Phi) is 8.82. The molecule has 0 saturated heterocycles. The summed E-state index contributed by atoms with van der Waals surface area (Å²) in [4.78, 5) is 13.9. The van der Waals surface area contributed by atoms with Crippen LogP contribution in [0.25, 0.3) is 0 Å². The lowest BCUT2D eigenvalue weighted by atomic mass is 10.0. The predicted octanol–water partition coefficient (Wildman–Crippen LogP) is 0.223. The number of aryl methyl sites for hydroxylation is 1. The van der Waals surface area contributed by atoms with Crippen molar-refractivity contribution in [1.29, 1.82) is 0 Å². The van der Waals surface area contributed by atoms with E-state index >= 15 is 0 Å². The van der Waals surface area contributed by atoms with E-state index in [1.165, 1.54) is 0 Å². The topological polar surface area (TPSA) is 146 Å². The van der Waals surface area contributed by atoms with Gasteiger partial charge in [0.1, 0.15) is 18.3 Å². The van der Waals surface area contributed by atoms with Crippen molar-refractivity contribution in [2.75, 3.05) is 30.4 Å². The summed E-state index contributed by atoms with van der Waals surface area (Å²) in [5, 5.41) is 53.7. The summed E-state index contributed by atoms with van der Waals surface area (Å²) in [6, 6.07) is 4.98. The molecular weight excluding hydrogens is 390 g/mol. The number of benzene rings is 1. The van der Waals surface area contributed by atoms with Crippen molar-refractivity contribution in [2.45, 2.75) is 44.2 Å². The molecule has 4 atom stereocenters. The van der Waals surface area contributed by atoms with E-state index < -0.39 is 31.0 Å². The van der Waals surface area contributed by atoms with E-state index in [-0.39, 0.29) is 12.6 Å². The molecule has 30 heavy (non-hydrogen) atoms. The maximum absolute atomic E-state index is 12.2. The van der Waals surface area contributed by atoms with Gasteiger partial charge in [-0.3, -0.25) is 0 Å². The van der Waals surface area contributed by atoms with E-state index in [4.69, 9.17) is 5.11 Å². The first kappa shape index (κ1) is 23.8. The van der Waals surface area contributed by atoms with Crippen LogP contribution < -0.4 is 15.5 Å². The minimum Gasteiger partial charge on any atom is -0.394 e. The number of aliphatic hydroxyl groups is 5.